The van der Waals surface area contributed by atoms with Crippen LogP contribution in [0.15, 0.2) is 30.3 Å². The largest absolute Gasteiger partial charge is 0.473 e. The van der Waals surface area contributed by atoms with Crippen LogP contribution in [-0.4, -0.2) is 17.0 Å². The topological polar surface area (TPSA) is 47.0 Å². The number of aromatic nitrogens is 2. The molecular formula is C13H14ClN3O. The summed E-state index contributed by atoms with van der Waals surface area (Å²) in [6.07, 6.45) is 0. The molecule has 0 amide bonds. The summed E-state index contributed by atoms with van der Waals surface area (Å²) in [6, 6.07) is 9.31. The highest BCUT2D eigenvalue weighted by Crippen LogP contribution is 2.16. The Bertz CT molecular complexity index is 546. The minimum Gasteiger partial charge on any atom is -0.473 e. The third-order valence-electron chi connectivity index (χ3n) is 2.35. The summed E-state index contributed by atoms with van der Waals surface area (Å²) < 4.78 is 5.62. The second-order valence-electron chi connectivity index (χ2n) is 3.81. The lowest BCUT2D eigenvalue weighted by atomic mass is 10.2. The number of ether oxygens (including phenoxy) is 1. The van der Waals surface area contributed by atoms with E-state index in [0.29, 0.717) is 23.3 Å². The monoisotopic (exact) mass is 263 g/mol. The maximum absolute atomic E-state index is 5.91. The molecule has 1 N–H and O–H groups in total. The van der Waals surface area contributed by atoms with Crippen molar-refractivity contribution in [3.8, 4) is 5.88 Å². The highest BCUT2D eigenvalue weighted by Gasteiger charge is 2.02. The summed E-state index contributed by atoms with van der Waals surface area (Å²) in [6.45, 7) is 2.26. The highest BCUT2D eigenvalue weighted by atomic mass is 35.5. The van der Waals surface area contributed by atoms with Gasteiger partial charge in [0.25, 0.3) is 0 Å². The molecule has 0 unspecified atom stereocenters. The van der Waals surface area contributed by atoms with E-state index in [2.05, 4.69) is 15.3 Å². The van der Waals surface area contributed by atoms with E-state index >= 15 is 0 Å². The summed E-state index contributed by atoms with van der Waals surface area (Å²) in [5, 5.41) is 3.66. The Morgan fingerprint density at radius 2 is 2.11 bits per heavy atom. The van der Waals surface area contributed by atoms with Gasteiger partial charge in [0.2, 0.25) is 5.88 Å². The van der Waals surface area contributed by atoms with E-state index in [9.17, 15) is 0 Å². The molecule has 2 rings (SSSR count). The number of rotatable bonds is 4. The molecule has 0 radical (unpaired) electrons. The van der Waals surface area contributed by atoms with Crippen molar-refractivity contribution in [1.82, 2.24) is 9.97 Å². The first-order chi connectivity index (χ1) is 8.67. The number of anilines is 1. The number of benzene rings is 1. The lowest BCUT2D eigenvalue weighted by Crippen LogP contribution is -2.02. The maximum Gasteiger partial charge on any atom is 0.219 e. The third kappa shape index (κ3) is 3.34. The molecule has 0 aliphatic rings. The first kappa shape index (κ1) is 12.6. The van der Waals surface area contributed by atoms with Gasteiger partial charge in [0, 0.05) is 18.1 Å². The van der Waals surface area contributed by atoms with Gasteiger partial charge in [-0.05, 0) is 24.6 Å². The fourth-order valence-electron chi connectivity index (χ4n) is 1.53. The van der Waals surface area contributed by atoms with Crippen LogP contribution < -0.4 is 10.1 Å². The van der Waals surface area contributed by atoms with Gasteiger partial charge in [-0.15, -0.1) is 0 Å². The highest BCUT2D eigenvalue weighted by molar-refractivity contribution is 6.30. The standard InChI is InChI=1S/C13H14ClN3O/c1-9-16-12(15-2)7-13(17-9)18-8-10-4-3-5-11(14)6-10/h3-7H,8H2,1-2H3,(H,15,16,17). The number of aryl methyl sites for hydroxylation is 1. The minimum absolute atomic E-state index is 0.431. The Morgan fingerprint density at radius 1 is 1.28 bits per heavy atom. The Labute approximate surface area is 111 Å². The van der Waals surface area contributed by atoms with Crippen LogP contribution in [0.1, 0.15) is 11.4 Å². The molecule has 4 nitrogen and oxygen atoms in total. The van der Waals surface area contributed by atoms with Crippen LogP contribution in [0, 0.1) is 6.92 Å². The average molecular weight is 264 g/mol. The summed E-state index contributed by atoms with van der Waals surface area (Å²) >= 11 is 5.91. The molecule has 0 aliphatic heterocycles. The minimum atomic E-state index is 0.431. The predicted molar refractivity (Wildman–Crippen MR) is 72.1 cm³/mol. The van der Waals surface area contributed by atoms with E-state index in [0.717, 1.165) is 11.4 Å². The van der Waals surface area contributed by atoms with Crippen molar-refractivity contribution in [3.05, 3.63) is 46.7 Å². The molecule has 0 atom stereocenters. The molecule has 1 aromatic heterocycles. The zero-order chi connectivity index (χ0) is 13.0. The van der Waals surface area contributed by atoms with Gasteiger partial charge in [-0.2, -0.15) is 4.98 Å². The van der Waals surface area contributed by atoms with Crippen LogP contribution >= 0.6 is 11.6 Å². The number of nitrogens with one attached hydrogen (secondary N) is 1. The number of hydrogen-bond acceptors (Lipinski definition) is 4. The number of halogens is 1. The Balaban J connectivity index is 2.08. The van der Waals surface area contributed by atoms with E-state index < -0.39 is 0 Å². The SMILES string of the molecule is CNc1cc(OCc2cccc(Cl)c2)nc(C)n1. The van der Waals surface area contributed by atoms with E-state index in [1.807, 2.05) is 38.2 Å². The summed E-state index contributed by atoms with van der Waals surface area (Å²) in [5.41, 5.74) is 1.00. The average Bonchev–Trinajstić information content (AvgIpc) is 2.36. The van der Waals surface area contributed by atoms with Gasteiger partial charge in [-0.3, -0.25) is 0 Å². The van der Waals surface area contributed by atoms with Crippen LogP contribution in [0.3, 0.4) is 0 Å². The third-order valence-corrected chi connectivity index (χ3v) is 2.58. The van der Waals surface area contributed by atoms with Gasteiger partial charge in [0.05, 0.1) is 0 Å². The van der Waals surface area contributed by atoms with Crippen LogP contribution in [0.4, 0.5) is 5.82 Å². The van der Waals surface area contributed by atoms with Crippen molar-refractivity contribution in [2.45, 2.75) is 13.5 Å². The molecule has 2 aromatic rings. The number of nitrogens with zero attached hydrogens (tertiary/aromatic N) is 2. The normalized spacial score (nSPS) is 10.2. The van der Waals surface area contributed by atoms with Gasteiger partial charge in [0.1, 0.15) is 18.2 Å². The molecule has 0 saturated carbocycles. The van der Waals surface area contributed by atoms with E-state index in [1.165, 1.54) is 0 Å². The number of hydrogen-bond donors (Lipinski definition) is 1. The molecule has 1 heterocycles. The van der Waals surface area contributed by atoms with E-state index in [1.54, 1.807) is 6.07 Å². The second kappa shape index (κ2) is 5.69. The fraction of sp³-hybridized carbons (Fsp3) is 0.231. The molecule has 0 bridgehead atoms. The molecule has 94 valence electrons. The first-order valence-electron chi connectivity index (χ1n) is 5.58. The van der Waals surface area contributed by atoms with Crippen molar-refractivity contribution in [3.63, 3.8) is 0 Å². The van der Waals surface area contributed by atoms with Gasteiger partial charge in [-0.1, -0.05) is 23.7 Å². The Hall–Kier alpha value is -1.81. The van der Waals surface area contributed by atoms with Crippen molar-refractivity contribution < 1.29 is 4.74 Å². The smallest absolute Gasteiger partial charge is 0.219 e. The second-order valence-corrected chi connectivity index (χ2v) is 4.24. The van der Waals surface area contributed by atoms with Crippen LogP contribution in [0.2, 0.25) is 5.02 Å². The lowest BCUT2D eigenvalue weighted by Gasteiger charge is -2.08. The van der Waals surface area contributed by atoms with Crippen LogP contribution in [0.25, 0.3) is 0 Å². The van der Waals surface area contributed by atoms with Gasteiger partial charge in [-0.25, -0.2) is 4.98 Å². The quantitative estimate of drug-likeness (QED) is 0.921. The molecule has 18 heavy (non-hydrogen) atoms. The summed E-state index contributed by atoms with van der Waals surface area (Å²) in [5.74, 6) is 1.96. The van der Waals surface area contributed by atoms with Crippen LogP contribution in [-0.2, 0) is 6.61 Å². The molecule has 5 heteroatoms. The van der Waals surface area contributed by atoms with Gasteiger partial charge in [0.15, 0.2) is 0 Å². The molecule has 0 fully saturated rings. The van der Waals surface area contributed by atoms with Crippen molar-refractivity contribution >= 4 is 17.4 Å². The van der Waals surface area contributed by atoms with Gasteiger partial charge >= 0.3 is 0 Å². The van der Waals surface area contributed by atoms with Crippen molar-refractivity contribution in [2.24, 2.45) is 0 Å². The molecule has 0 saturated heterocycles. The predicted octanol–water partition coefficient (Wildman–Crippen LogP) is 3.06. The molecule has 0 aliphatic carbocycles. The molecule has 1 aromatic carbocycles. The van der Waals surface area contributed by atoms with Crippen molar-refractivity contribution in [1.29, 1.82) is 0 Å². The first-order valence-corrected chi connectivity index (χ1v) is 5.96. The molecule has 0 spiro atoms. The molecular weight excluding hydrogens is 250 g/mol. The maximum atomic E-state index is 5.91. The fourth-order valence-corrected chi connectivity index (χ4v) is 1.74. The summed E-state index contributed by atoms with van der Waals surface area (Å²) in [7, 11) is 1.81. The van der Waals surface area contributed by atoms with Crippen molar-refractivity contribution in [2.75, 3.05) is 12.4 Å². The van der Waals surface area contributed by atoms with E-state index in [-0.39, 0.29) is 0 Å². The lowest BCUT2D eigenvalue weighted by molar-refractivity contribution is 0.293. The zero-order valence-corrected chi connectivity index (χ0v) is 11.0. The Morgan fingerprint density at radius 3 is 2.83 bits per heavy atom. The van der Waals surface area contributed by atoms with Crippen LogP contribution in [0.5, 0.6) is 5.88 Å². The van der Waals surface area contributed by atoms with E-state index in [4.69, 9.17) is 16.3 Å². The van der Waals surface area contributed by atoms with Gasteiger partial charge < -0.3 is 10.1 Å². The Kier molecular flexibility index (Phi) is 3.99. The zero-order valence-electron chi connectivity index (χ0n) is 10.3. The summed E-state index contributed by atoms with van der Waals surface area (Å²) in [4.78, 5) is 8.41.